The van der Waals surface area contributed by atoms with Gasteiger partial charge in [0.15, 0.2) is 0 Å². The Hall–Kier alpha value is -2.93. The number of hydrogen-bond donors (Lipinski definition) is 2. The molecule has 1 heterocycles. The van der Waals surface area contributed by atoms with Crippen molar-refractivity contribution in [1.82, 2.24) is 4.98 Å². The number of rotatable bonds is 5. The lowest BCUT2D eigenvalue weighted by Crippen LogP contribution is -2.12. The SMILES string of the molecule is CCOC(=O)c1[nH]c(C)c(-c2ccc(C(=O)Nc3ccc(Br)cc3F)cc2)c1C. The predicted octanol–water partition coefficient (Wildman–Crippen LogP) is 5.63. The second-order valence-electron chi connectivity index (χ2n) is 6.50. The number of aryl methyl sites for hydroxylation is 1. The quantitative estimate of drug-likeness (QED) is 0.486. The lowest BCUT2D eigenvalue weighted by molar-refractivity contribution is 0.0519. The molecule has 1 aromatic heterocycles. The number of ether oxygens (including phenoxy) is 1. The van der Waals surface area contributed by atoms with Gasteiger partial charge < -0.3 is 15.0 Å². The monoisotopic (exact) mass is 458 g/mol. The van der Waals surface area contributed by atoms with Crippen molar-refractivity contribution in [3.63, 3.8) is 0 Å². The maximum atomic E-state index is 13.9. The molecular formula is C22H20BrFN2O3. The van der Waals surface area contributed by atoms with E-state index >= 15 is 0 Å². The highest BCUT2D eigenvalue weighted by Crippen LogP contribution is 2.30. The summed E-state index contributed by atoms with van der Waals surface area (Å²) >= 11 is 3.18. The Bertz CT molecular complexity index is 1070. The molecule has 0 unspecified atom stereocenters. The van der Waals surface area contributed by atoms with Gasteiger partial charge >= 0.3 is 5.97 Å². The Labute approximate surface area is 176 Å². The van der Waals surface area contributed by atoms with Crippen LogP contribution in [0.2, 0.25) is 0 Å². The Balaban J connectivity index is 1.83. The smallest absolute Gasteiger partial charge is 0.355 e. The molecule has 0 aliphatic rings. The van der Waals surface area contributed by atoms with Crippen molar-refractivity contribution >= 4 is 33.5 Å². The van der Waals surface area contributed by atoms with E-state index in [4.69, 9.17) is 4.74 Å². The van der Waals surface area contributed by atoms with Crippen molar-refractivity contribution in [2.75, 3.05) is 11.9 Å². The van der Waals surface area contributed by atoms with Crippen molar-refractivity contribution in [3.8, 4) is 11.1 Å². The average molecular weight is 459 g/mol. The molecule has 5 nitrogen and oxygen atoms in total. The number of anilines is 1. The Morgan fingerprint density at radius 3 is 2.45 bits per heavy atom. The predicted molar refractivity (Wildman–Crippen MR) is 114 cm³/mol. The van der Waals surface area contributed by atoms with Crippen LogP contribution in [-0.2, 0) is 4.74 Å². The number of nitrogens with one attached hydrogen (secondary N) is 2. The summed E-state index contributed by atoms with van der Waals surface area (Å²) in [7, 11) is 0. The third kappa shape index (κ3) is 4.40. The minimum absolute atomic E-state index is 0.110. The molecule has 0 spiro atoms. The van der Waals surface area contributed by atoms with Crippen LogP contribution in [0.15, 0.2) is 46.9 Å². The van der Waals surface area contributed by atoms with E-state index in [-0.39, 0.29) is 5.69 Å². The van der Waals surface area contributed by atoms with Crippen LogP contribution in [0.5, 0.6) is 0 Å². The first-order valence-electron chi connectivity index (χ1n) is 9.05. The molecule has 3 aromatic rings. The Kier molecular flexibility index (Phi) is 6.17. The minimum Gasteiger partial charge on any atom is -0.461 e. The largest absolute Gasteiger partial charge is 0.461 e. The first-order valence-corrected chi connectivity index (χ1v) is 9.84. The van der Waals surface area contributed by atoms with E-state index in [1.807, 2.05) is 13.8 Å². The van der Waals surface area contributed by atoms with Gasteiger partial charge in [-0.05, 0) is 62.2 Å². The molecule has 0 atom stereocenters. The fourth-order valence-electron chi connectivity index (χ4n) is 3.16. The van der Waals surface area contributed by atoms with Crippen molar-refractivity contribution < 1.29 is 18.7 Å². The molecule has 0 aliphatic carbocycles. The summed E-state index contributed by atoms with van der Waals surface area (Å²) in [6, 6.07) is 11.4. The molecule has 0 bridgehead atoms. The number of amides is 1. The first-order chi connectivity index (χ1) is 13.8. The molecule has 29 heavy (non-hydrogen) atoms. The Morgan fingerprint density at radius 1 is 1.14 bits per heavy atom. The van der Waals surface area contributed by atoms with Gasteiger partial charge in [0, 0.05) is 21.3 Å². The summed E-state index contributed by atoms with van der Waals surface area (Å²) in [4.78, 5) is 27.6. The molecule has 0 saturated carbocycles. The normalized spacial score (nSPS) is 10.7. The zero-order valence-corrected chi connectivity index (χ0v) is 17.8. The number of esters is 1. The second-order valence-corrected chi connectivity index (χ2v) is 7.42. The van der Waals surface area contributed by atoms with Crippen LogP contribution in [0.3, 0.4) is 0 Å². The summed E-state index contributed by atoms with van der Waals surface area (Å²) < 4.78 is 19.6. The number of halogens is 2. The molecule has 2 N–H and O–H groups in total. The van der Waals surface area contributed by atoms with Gasteiger partial charge in [-0.1, -0.05) is 28.1 Å². The number of H-pyrrole nitrogens is 1. The molecule has 2 aromatic carbocycles. The van der Waals surface area contributed by atoms with E-state index in [1.54, 1.807) is 37.3 Å². The van der Waals surface area contributed by atoms with Gasteiger partial charge in [0.1, 0.15) is 11.5 Å². The fraction of sp³-hybridized carbons (Fsp3) is 0.182. The highest BCUT2D eigenvalue weighted by atomic mass is 79.9. The maximum Gasteiger partial charge on any atom is 0.355 e. The van der Waals surface area contributed by atoms with Crippen LogP contribution >= 0.6 is 15.9 Å². The zero-order valence-electron chi connectivity index (χ0n) is 16.2. The summed E-state index contributed by atoms with van der Waals surface area (Å²) in [6.45, 7) is 5.78. The highest BCUT2D eigenvalue weighted by Gasteiger charge is 2.19. The average Bonchev–Trinajstić information content (AvgIpc) is 2.98. The van der Waals surface area contributed by atoms with Crippen molar-refractivity contribution in [1.29, 1.82) is 0 Å². The van der Waals surface area contributed by atoms with E-state index in [0.29, 0.717) is 22.3 Å². The fourth-order valence-corrected chi connectivity index (χ4v) is 3.50. The van der Waals surface area contributed by atoms with Gasteiger partial charge in [-0.25, -0.2) is 9.18 Å². The van der Waals surface area contributed by atoms with Crippen LogP contribution in [0.4, 0.5) is 10.1 Å². The number of carbonyl (C=O) groups is 2. The van der Waals surface area contributed by atoms with E-state index in [0.717, 1.165) is 22.4 Å². The van der Waals surface area contributed by atoms with Gasteiger partial charge in [0.2, 0.25) is 0 Å². The number of benzene rings is 2. The summed E-state index contributed by atoms with van der Waals surface area (Å²) in [5.74, 6) is -1.33. The molecule has 7 heteroatoms. The van der Waals surface area contributed by atoms with Crippen molar-refractivity contribution in [2.45, 2.75) is 20.8 Å². The third-order valence-corrected chi connectivity index (χ3v) is 5.03. The number of aromatic amines is 1. The molecule has 1 amide bonds. The zero-order chi connectivity index (χ0) is 21.1. The summed E-state index contributed by atoms with van der Waals surface area (Å²) in [5, 5.41) is 2.57. The Morgan fingerprint density at radius 2 is 1.83 bits per heavy atom. The third-order valence-electron chi connectivity index (χ3n) is 4.53. The van der Waals surface area contributed by atoms with E-state index in [1.165, 1.54) is 12.1 Å². The van der Waals surface area contributed by atoms with Crippen LogP contribution in [-0.4, -0.2) is 23.5 Å². The molecule has 0 fully saturated rings. The highest BCUT2D eigenvalue weighted by molar-refractivity contribution is 9.10. The summed E-state index contributed by atoms with van der Waals surface area (Å²) in [5.41, 5.74) is 4.30. The van der Waals surface area contributed by atoms with Gasteiger partial charge in [0.05, 0.1) is 12.3 Å². The van der Waals surface area contributed by atoms with Gasteiger partial charge in [-0.3, -0.25) is 4.79 Å². The standard InChI is InChI=1S/C22H20BrFN2O3/c1-4-29-22(28)20-12(2)19(13(3)25-20)14-5-7-15(8-6-14)21(27)26-18-10-9-16(23)11-17(18)24/h5-11,25H,4H2,1-3H3,(H,26,27). The van der Waals surface area contributed by atoms with Gasteiger partial charge in [0.25, 0.3) is 5.91 Å². The van der Waals surface area contributed by atoms with Crippen LogP contribution in [0, 0.1) is 19.7 Å². The van der Waals surface area contributed by atoms with Crippen LogP contribution in [0.1, 0.15) is 39.0 Å². The van der Waals surface area contributed by atoms with Crippen LogP contribution in [0.25, 0.3) is 11.1 Å². The van der Waals surface area contributed by atoms with Gasteiger partial charge in [-0.15, -0.1) is 0 Å². The molecule has 0 saturated heterocycles. The number of carbonyl (C=O) groups excluding carboxylic acids is 2. The number of hydrogen-bond acceptors (Lipinski definition) is 3. The molecular weight excluding hydrogens is 439 g/mol. The maximum absolute atomic E-state index is 13.9. The van der Waals surface area contributed by atoms with Crippen LogP contribution < -0.4 is 5.32 Å². The van der Waals surface area contributed by atoms with E-state index < -0.39 is 17.7 Å². The molecule has 0 radical (unpaired) electrons. The summed E-state index contributed by atoms with van der Waals surface area (Å²) in [6.07, 6.45) is 0. The number of aromatic nitrogens is 1. The van der Waals surface area contributed by atoms with Gasteiger partial charge in [-0.2, -0.15) is 0 Å². The van der Waals surface area contributed by atoms with Crippen molar-refractivity contribution in [2.24, 2.45) is 0 Å². The minimum atomic E-state index is -0.519. The first kappa shape index (κ1) is 20.8. The van der Waals surface area contributed by atoms with E-state index in [2.05, 4.69) is 26.2 Å². The van der Waals surface area contributed by atoms with E-state index in [9.17, 15) is 14.0 Å². The molecule has 150 valence electrons. The molecule has 3 rings (SSSR count). The lowest BCUT2D eigenvalue weighted by atomic mass is 10.00. The molecule has 0 aliphatic heterocycles. The lowest BCUT2D eigenvalue weighted by Gasteiger charge is -2.08. The topological polar surface area (TPSA) is 71.2 Å². The second kappa shape index (κ2) is 8.61. The van der Waals surface area contributed by atoms with Crippen molar-refractivity contribution in [3.05, 3.63) is 75.3 Å².